The van der Waals surface area contributed by atoms with Crippen LogP contribution in [0.15, 0.2) is 41.1 Å². The van der Waals surface area contributed by atoms with Crippen molar-refractivity contribution >= 4 is 23.0 Å². The molecule has 3 aromatic rings. The van der Waals surface area contributed by atoms with Crippen LogP contribution in [0.4, 0.5) is 5.82 Å². The van der Waals surface area contributed by atoms with Gasteiger partial charge in [-0.25, -0.2) is 9.97 Å². The summed E-state index contributed by atoms with van der Waals surface area (Å²) in [6.07, 6.45) is 6.45. The highest BCUT2D eigenvalue weighted by Gasteiger charge is 2.49. The Morgan fingerprint density at radius 1 is 1.13 bits per heavy atom. The number of anilines is 1. The zero-order chi connectivity index (χ0) is 20.9. The molecule has 3 saturated heterocycles. The minimum atomic E-state index is 0.232. The van der Waals surface area contributed by atoms with Crippen molar-refractivity contribution in [2.75, 3.05) is 18.0 Å². The predicted octanol–water partition coefficient (Wildman–Crippen LogP) is 3.37. The molecule has 1 amide bonds. The number of carbonyl (C=O) groups excluding carboxylic acids is 1. The Morgan fingerprint density at radius 3 is 2.84 bits per heavy atom. The Bertz CT molecular complexity index is 1110. The number of piperidine rings is 3. The lowest BCUT2D eigenvalue weighted by atomic mass is 9.70. The number of oxazole rings is 1. The van der Waals surface area contributed by atoms with Gasteiger partial charge < -0.3 is 14.2 Å². The van der Waals surface area contributed by atoms with Crippen molar-refractivity contribution in [2.24, 2.45) is 11.8 Å². The van der Waals surface area contributed by atoms with Gasteiger partial charge in [-0.2, -0.15) is 4.98 Å². The Hall–Kier alpha value is -2.96. The van der Waals surface area contributed by atoms with Gasteiger partial charge >= 0.3 is 0 Å². The SMILES string of the molecule is Cc1nc2c(N3C[C@H]4C[C@@H](C3)[C@H](Cc3ccccc3)N3C(=O)CCC[C@@H]43)ncnc2o1. The lowest BCUT2D eigenvalue weighted by molar-refractivity contribution is -0.148. The molecule has 3 aliphatic heterocycles. The van der Waals surface area contributed by atoms with Crippen LogP contribution < -0.4 is 4.90 Å². The second kappa shape index (κ2) is 7.32. The number of aromatic nitrogens is 3. The average molecular weight is 418 g/mol. The summed E-state index contributed by atoms with van der Waals surface area (Å²) in [5.41, 5.74) is 2.60. The van der Waals surface area contributed by atoms with Crippen LogP contribution in [-0.2, 0) is 11.2 Å². The van der Waals surface area contributed by atoms with E-state index in [1.54, 1.807) is 6.33 Å². The standard InChI is InChI=1S/C24H27N5O2/c1-15-27-22-23(25-14-26-24(22)31-15)28-12-17-11-18(13-28)20(10-16-6-3-2-4-7-16)29-19(17)8-5-9-21(29)30/h2-4,6-7,14,17-20H,5,8-13H2,1H3/t17-,18+,19+,20+/m1/s1. The van der Waals surface area contributed by atoms with E-state index in [0.29, 0.717) is 41.8 Å². The van der Waals surface area contributed by atoms with Crippen LogP contribution >= 0.6 is 0 Å². The third-order valence-electron chi connectivity index (χ3n) is 7.37. The molecule has 0 saturated carbocycles. The summed E-state index contributed by atoms with van der Waals surface area (Å²) in [5.74, 6) is 2.70. The summed E-state index contributed by atoms with van der Waals surface area (Å²) in [6.45, 7) is 3.63. The molecule has 0 unspecified atom stereocenters. The topological polar surface area (TPSA) is 75.4 Å². The molecule has 2 aromatic heterocycles. The van der Waals surface area contributed by atoms with Crippen molar-refractivity contribution in [3.05, 3.63) is 48.1 Å². The number of amides is 1. The largest absolute Gasteiger partial charge is 0.422 e. The van der Waals surface area contributed by atoms with Crippen LogP contribution in [0.2, 0.25) is 0 Å². The van der Waals surface area contributed by atoms with Gasteiger partial charge in [0.25, 0.3) is 5.71 Å². The molecule has 6 rings (SSSR count). The lowest BCUT2D eigenvalue weighted by Gasteiger charge is -2.57. The van der Waals surface area contributed by atoms with Crippen LogP contribution in [0, 0.1) is 18.8 Å². The maximum absolute atomic E-state index is 13.1. The zero-order valence-corrected chi connectivity index (χ0v) is 17.8. The van der Waals surface area contributed by atoms with Crippen LogP contribution in [0.3, 0.4) is 0 Å². The minimum absolute atomic E-state index is 0.232. The molecule has 0 N–H and O–H groups in total. The molecule has 5 heterocycles. The fourth-order valence-corrected chi connectivity index (χ4v) is 6.14. The van der Waals surface area contributed by atoms with Crippen molar-refractivity contribution in [1.29, 1.82) is 0 Å². The highest BCUT2D eigenvalue weighted by molar-refractivity contribution is 5.82. The maximum atomic E-state index is 13.1. The first-order valence-electron chi connectivity index (χ1n) is 11.4. The molecule has 3 fully saturated rings. The second-order valence-electron chi connectivity index (χ2n) is 9.26. The van der Waals surface area contributed by atoms with E-state index in [2.05, 4.69) is 55.1 Å². The van der Waals surface area contributed by atoms with Crippen molar-refractivity contribution in [2.45, 2.75) is 51.1 Å². The van der Waals surface area contributed by atoms with Gasteiger partial charge in [-0.15, -0.1) is 0 Å². The van der Waals surface area contributed by atoms with Crippen LogP contribution in [-0.4, -0.2) is 50.9 Å². The first-order valence-corrected chi connectivity index (χ1v) is 11.4. The molecular weight excluding hydrogens is 390 g/mol. The molecule has 0 radical (unpaired) electrons. The van der Waals surface area contributed by atoms with Gasteiger partial charge in [0.15, 0.2) is 17.2 Å². The second-order valence-corrected chi connectivity index (χ2v) is 9.26. The number of benzene rings is 1. The maximum Gasteiger partial charge on any atom is 0.252 e. The lowest BCUT2D eigenvalue weighted by Crippen LogP contribution is -2.65. The number of carbonyl (C=O) groups is 1. The van der Waals surface area contributed by atoms with Crippen LogP contribution in [0.1, 0.15) is 37.1 Å². The number of rotatable bonds is 3. The van der Waals surface area contributed by atoms with Crippen LogP contribution in [0.25, 0.3) is 11.2 Å². The molecule has 2 bridgehead atoms. The predicted molar refractivity (Wildman–Crippen MR) is 117 cm³/mol. The monoisotopic (exact) mass is 417 g/mol. The van der Waals surface area contributed by atoms with Gasteiger partial charge in [0.05, 0.1) is 0 Å². The summed E-state index contributed by atoms with van der Waals surface area (Å²) in [7, 11) is 0. The van der Waals surface area contributed by atoms with E-state index in [1.807, 2.05) is 6.92 Å². The smallest absolute Gasteiger partial charge is 0.252 e. The van der Waals surface area contributed by atoms with Gasteiger partial charge in [0, 0.05) is 38.5 Å². The van der Waals surface area contributed by atoms with E-state index >= 15 is 0 Å². The third-order valence-corrected chi connectivity index (χ3v) is 7.37. The van der Waals surface area contributed by atoms with Gasteiger partial charge in [-0.05, 0) is 43.1 Å². The number of fused-ring (bicyclic) bond motifs is 5. The molecular formula is C24H27N5O2. The first kappa shape index (κ1) is 18.8. The minimum Gasteiger partial charge on any atom is -0.422 e. The summed E-state index contributed by atoms with van der Waals surface area (Å²) in [6, 6.07) is 11.2. The molecule has 4 atom stereocenters. The van der Waals surface area contributed by atoms with Crippen molar-refractivity contribution in [3.8, 4) is 0 Å². The highest BCUT2D eigenvalue weighted by Crippen LogP contribution is 2.43. The van der Waals surface area contributed by atoms with E-state index in [9.17, 15) is 4.79 Å². The summed E-state index contributed by atoms with van der Waals surface area (Å²) in [5, 5.41) is 0. The van der Waals surface area contributed by atoms with Crippen molar-refractivity contribution in [1.82, 2.24) is 19.9 Å². The Balaban J connectivity index is 1.37. The quantitative estimate of drug-likeness (QED) is 0.650. The van der Waals surface area contributed by atoms with Gasteiger partial charge in [0.2, 0.25) is 5.91 Å². The number of hydrogen-bond donors (Lipinski definition) is 0. The molecule has 1 aromatic carbocycles. The summed E-state index contributed by atoms with van der Waals surface area (Å²) >= 11 is 0. The number of hydrogen-bond acceptors (Lipinski definition) is 6. The van der Waals surface area contributed by atoms with Gasteiger partial charge in [0.1, 0.15) is 6.33 Å². The average Bonchev–Trinajstić information content (AvgIpc) is 3.17. The molecule has 0 aliphatic carbocycles. The fraction of sp³-hybridized carbons (Fsp3) is 0.500. The van der Waals surface area contributed by atoms with Gasteiger partial charge in [-0.1, -0.05) is 30.3 Å². The van der Waals surface area contributed by atoms with E-state index in [-0.39, 0.29) is 6.04 Å². The molecule has 0 spiro atoms. The summed E-state index contributed by atoms with van der Waals surface area (Å²) in [4.78, 5) is 31.1. The van der Waals surface area contributed by atoms with Crippen LogP contribution in [0.5, 0.6) is 0 Å². The molecule has 7 heteroatoms. The first-order chi connectivity index (χ1) is 15.2. The van der Waals surface area contributed by atoms with Gasteiger partial charge in [-0.3, -0.25) is 4.79 Å². The van der Waals surface area contributed by atoms with Crippen molar-refractivity contribution in [3.63, 3.8) is 0 Å². The van der Waals surface area contributed by atoms with E-state index in [4.69, 9.17) is 4.42 Å². The zero-order valence-electron chi connectivity index (χ0n) is 17.8. The highest BCUT2D eigenvalue weighted by atomic mass is 16.4. The number of nitrogens with zero attached hydrogens (tertiary/aromatic N) is 5. The Morgan fingerprint density at radius 2 is 1.97 bits per heavy atom. The fourth-order valence-electron chi connectivity index (χ4n) is 6.14. The van der Waals surface area contributed by atoms with E-state index in [1.165, 1.54) is 12.0 Å². The molecule has 31 heavy (non-hydrogen) atoms. The normalized spacial score (nSPS) is 28.1. The summed E-state index contributed by atoms with van der Waals surface area (Å²) < 4.78 is 5.65. The molecule has 3 aliphatic rings. The molecule has 7 nitrogen and oxygen atoms in total. The van der Waals surface area contributed by atoms with E-state index in [0.717, 1.165) is 43.7 Å². The number of aryl methyl sites for hydroxylation is 1. The Labute approximate surface area is 181 Å². The molecule has 160 valence electrons. The van der Waals surface area contributed by atoms with Crippen molar-refractivity contribution < 1.29 is 9.21 Å². The third kappa shape index (κ3) is 3.18. The van der Waals surface area contributed by atoms with E-state index < -0.39 is 0 Å². The Kier molecular flexibility index (Phi) is 4.44.